The Balaban J connectivity index is 2.94. The van der Waals surface area contributed by atoms with Crippen molar-refractivity contribution in [2.75, 3.05) is 33.7 Å². The molecule has 0 atom stereocenters. The van der Waals surface area contributed by atoms with Crippen molar-refractivity contribution in [3.63, 3.8) is 0 Å². The zero-order chi connectivity index (χ0) is 15.3. The highest BCUT2D eigenvalue weighted by Crippen LogP contribution is 2.24. The van der Waals surface area contributed by atoms with Crippen LogP contribution < -0.4 is 0 Å². The van der Waals surface area contributed by atoms with Gasteiger partial charge in [-0.2, -0.15) is 4.31 Å². The molecule has 7 nitrogen and oxygen atoms in total. The summed E-state index contributed by atoms with van der Waals surface area (Å²) in [6.07, 6.45) is 0.682. The molecule has 20 heavy (non-hydrogen) atoms. The maximum Gasteiger partial charge on any atom is 0.356 e. The minimum Gasteiger partial charge on any atom is -0.476 e. The lowest BCUT2D eigenvalue weighted by Gasteiger charge is -2.20. The van der Waals surface area contributed by atoms with E-state index < -0.39 is 21.7 Å². The number of carbonyl (C=O) groups is 1. The van der Waals surface area contributed by atoms with Gasteiger partial charge in [-0.1, -0.05) is 6.92 Å². The number of nitrogens with zero attached hydrogens (tertiary/aromatic N) is 3. The zero-order valence-electron chi connectivity index (χ0n) is 11.7. The zero-order valence-corrected chi connectivity index (χ0v) is 13.4. The smallest absolute Gasteiger partial charge is 0.356 e. The molecule has 0 aromatic carbocycles. The van der Waals surface area contributed by atoms with Crippen LogP contribution in [0.5, 0.6) is 0 Å². The fourth-order valence-electron chi connectivity index (χ4n) is 1.69. The van der Waals surface area contributed by atoms with Crippen LogP contribution in [0.1, 0.15) is 23.8 Å². The first-order chi connectivity index (χ1) is 9.30. The highest BCUT2D eigenvalue weighted by Gasteiger charge is 2.30. The molecule has 0 saturated carbocycles. The van der Waals surface area contributed by atoms with E-state index in [0.29, 0.717) is 19.5 Å². The van der Waals surface area contributed by atoms with Gasteiger partial charge in [0.15, 0.2) is 9.90 Å². The van der Waals surface area contributed by atoms with Crippen LogP contribution in [0.2, 0.25) is 0 Å². The van der Waals surface area contributed by atoms with Gasteiger partial charge < -0.3 is 10.0 Å². The molecule has 1 aromatic heterocycles. The predicted octanol–water partition coefficient (Wildman–Crippen LogP) is 0.804. The van der Waals surface area contributed by atoms with E-state index in [1.807, 2.05) is 19.0 Å². The summed E-state index contributed by atoms with van der Waals surface area (Å²) in [4.78, 5) is 16.6. The van der Waals surface area contributed by atoms with Gasteiger partial charge in [0.2, 0.25) is 0 Å². The van der Waals surface area contributed by atoms with Gasteiger partial charge in [-0.05, 0) is 27.1 Å². The van der Waals surface area contributed by atoms with Gasteiger partial charge in [0, 0.05) is 13.1 Å². The number of hydrogen-bond acceptors (Lipinski definition) is 6. The lowest BCUT2D eigenvalue weighted by molar-refractivity contribution is 0.0687. The van der Waals surface area contributed by atoms with Gasteiger partial charge in [0.05, 0.1) is 5.51 Å². The van der Waals surface area contributed by atoms with E-state index in [9.17, 15) is 13.2 Å². The van der Waals surface area contributed by atoms with Crippen LogP contribution in [0.4, 0.5) is 0 Å². The van der Waals surface area contributed by atoms with E-state index in [2.05, 4.69) is 4.98 Å². The first-order valence-electron chi connectivity index (χ1n) is 6.12. The molecule has 0 unspecified atom stereocenters. The number of thiazole rings is 1. The Hall–Kier alpha value is -1.03. The van der Waals surface area contributed by atoms with E-state index in [-0.39, 0.29) is 4.21 Å². The number of carboxylic acids is 1. The average molecular weight is 321 g/mol. The summed E-state index contributed by atoms with van der Waals surface area (Å²) in [6, 6.07) is 0. The van der Waals surface area contributed by atoms with E-state index in [1.165, 1.54) is 9.82 Å². The third-order valence-corrected chi connectivity index (χ3v) is 6.00. The summed E-state index contributed by atoms with van der Waals surface area (Å²) in [5.74, 6) is -1.32. The summed E-state index contributed by atoms with van der Waals surface area (Å²) in [5.41, 5.74) is 0.838. The number of carboxylic acid groups (broad SMARTS) is 1. The maximum atomic E-state index is 12.4. The van der Waals surface area contributed by atoms with E-state index in [4.69, 9.17) is 5.11 Å². The molecule has 0 aliphatic rings. The van der Waals surface area contributed by atoms with Crippen molar-refractivity contribution in [2.45, 2.75) is 17.6 Å². The van der Waals surface area contributed by atoms with Gasteiger partial charge in [-0.25, -0.2) is 18.2 Å². The van der Waals surface area contributed by atoms with Gasteiger partial charge >= 0.3 is 5.97 Å². The fourth-order valence-corrected chi connectivity index (χ4v) is 4.46. The molecule has 1 aromatic rings. The van der Waals surface area contributed by atoms with Crippen LogP contribution >= 0.6 is 11.3 Å². The summed E-state index contributed by atoms with van der Waals surface area (Å²) >= 11 is 0.836. The number of aromatic carboxylic acids is 1. The van der Waals surface area contributed by atoms with Crippen LogP contribution in [0, 0.1) is 0 Å². The summed E-state index contributed by atoms with van der Waals surface area (Å²) in [5, 5.41) is 8.98. The highest BCUT2D eigenvalue weighted by atomic mass is 32.2. The van der Waals surface area contributed by atoms with Crippen LogP contribution in [0.25, 0.3) is 0 Å². The molecular formula is C11H19N3O4S2. The number of rotatable bonds is 8. The normalized spacial score (nSPS) is 12.2. The maximum absolute atomic E-state index is 12.4. The molecule has 1 N–H and O–H groups in total. The number of hydrogen-bond donors (Lipinski definition) is 1. The van der Waals surface area contributed by atoms with Crippen LogP contribution in [-0.4, -0.2) is 67.4 Å². The Morgan fingerprint density at radius 3 is 2.55 bits per heavy atom. The number of aromatic nitrogens is 1. The minimum atomic E-state index is -3.79. The molecular weight excluding hydrogens is 302 g/mol. The average Bonchev–Trinajstić information content (AvgIpc) is 2.83. The molecule has 0 saturated heterocycles. The van der Waals surface area contributed by atoms with Crippen molar-refractivity contribution in [2.24, 2.45) is 0 Å². The molecule has 0 amide bonds. The molecule has 0 bridgehead atoms. The number of sulfonamides is 1. The van der Waals surface area contributed by atoms with Crippen molar-refractivity contribution in [3.05, 3.63) is 11.2 Å². The fraction of sp³-hybridized carbons (Fsp3) is 0.636. The van der Waals surface area contributed by atoms with Gasteiger partial charge in [-0.15, -0.1) is 11.3 Å². The molecule has 0 radical (unpaired) electrons. The van der Waals surface area contributed by atoms with Crippen molar-refractivity contribution >= 4 is 27.3 Å². The molecule has 1 rings (SSSR count). The summed E-state index contributed by atoms with van der Waals surface area (Å²) in [7, 11) is 0.0350. The van der Waals surface area contributed by atoms with Gasteiger partial charge in [0.25, 0.3) is 10.0 Å². The standard InChI is InChI=1S/C11H19N3O4S2/c1-4-14(7-5-6-13(2)3)20(17,18)11-9(10(15)16)12-8-19-11/h8H,4-7H2,1-3H3,(H,15,16). The van der Waals surface area contributed by atoms with Crippen molar-refractivity contribution in [1.29, 1.82) is 0 Å². The van der Waals surface area contributed by atoms with Gasteiger partial charge in [0.1, 0.15) is 0 Å². The van der Waals surface area contributed by atoms with Crippen LogP contribution in [-0.2, 0) is 10.0 Å². The lowest BCUT2D eigenvalue weighted by atomic mass is 10.4. The molecule has 1 heterocycles. The van der Waals surface area contributed by atoms with Crippen molar-refractivity contribution < 1.29 is 18.3 Å². The van der Waals surface area contributed by atoms with E-state index >= 15 is 0 Å². The Bertz CT molecular complexity index is 554. The minimum absolute atomic E-state index is 0.197. The topological polar surface area (TPSA) is 90.8 Å². The lowest BCUT2D eigenvalue weighted by Crippen LogP contribution is -2.33. The van der Waals surface area contributed by atoms with Crippen molar-refractivity contribution in [3.8, 4) is 0 Å². The predicted molar refractivity (Wildman–Crippen MR) is 76.7 cm³/mol. The second-order valence-electron chi connectivity index (χ2n) is 4.45. The van der Waals surface area contributed by atoms with Crippen LogP contribution in [0.3, 0.4) is 0 Å². The molecule has 0 spiro atoms. The van der Waals surface area contributed by atoms with Crippen LogP contribution in [0.15, 0.2) is 9.72 Å². The third-order valence-electron chi connectivity index (χ3n) is 2.68. The summed E-state index contributed by atoms with van der Waals surface area (Å²) < 4.78 is 26.0. The van der Waals surface area contributed by atoms with Gasteiger partial charge in [-0.3, -0.25) is 0 Å². The second kappa shape index (κ2) is 7.11. The van der Waals surface area contributed by atoms with Crippen molar-refractivity contribution in [1.82, 2.24) is 14.2 Å². The largest absolute Gasteiger partial charge is 0.476 e. The molecule has 0 aliphatic heterocycles. The van der Waals surface area contributed by atoms with E-state index in [0.717, 1.165) is 17.9 Å². The Morgan fingerprint density at radius 1 is 1.40 bits per heavy atom. The highest BCUT2D eigenvalue weighted by molar-refractivity contribution is 7.91. The molecule has 9 heteroatoms. The molecule has 0 aliphatic carbocycles. The van der Waals surface area contributed by atoms with E-state index in [1.54, 1.807) is 6.92 Å². The first-order valence-corrected chi connectivity index (χ1v) is 8.44. The molecule has 114 valence electrons. The summed E-state index contributed by atoms with van der Waals surface area (Å²) in [6.45, 7) is 3.15. The Labute approximate surface area is 122 Å². The first kappa shape index (κ1) is 17.0. The SMILES string of the molecule is CCN(CCCN(C)C)S(=O)(=O)c1scnc1C(=O)O. The molecule has 0 fully saturated rings. The second-order valence-corrected chi connectivity index (χ2v) is 7.44. The quantitative estimate of drug-likeness (QED) is 0.762. The Morgan fingerprint density at radius 2 is 2.05 bits per heavy atom. The monoisotopic (exact) mass is 321 g/mol. The Kier molecular flexibility index (Phi) is 6.06. The third kappa shape index (κ3) is 3.98.